The molecule has 4 rings (SSSR count). The van der Waals surface area contributed by atoms with Gasteiger partial charge in [0.25, 0.3) is 11.4 Å². The van der Waals surface area contributed by atoms with Crippen molar-refractivity contribution in [2.75, 3.05) is 39.6 Å². The number of nitro benzene ring substituents is 2. The molecule has 0 N–H and O–H groups in total. The van der Waals surface area contributed by atoms with Crippen LogP contribution in [0.4, 0.5) is 34.1 Å². The Morgan fingerprint density at radius 1 is 0.414 bits per heavy atom. The largest absolute Gasteiger partial charge is 0.494 e. The maximum Gasteiger partial charge on any atom is 0.338 e. The third-order valence-electron chi connectivity index (χ3n) is 10.8. The predicted octanol–water partition coefficient (Wildman–Crippen LogP) is 13.9. The number of hydrogen-bond acceptors (Lipinski definition) is 16. The average molecular weight is 969 g/mol. The van der Waals surface area contributed by atoms with Gasteiger partial charge in [-0.2, -0.15) is 20.5 Å². The normalized spacial score (nSPS) is 12.2. The summed E-state index contributed by atoms with van der Waals surface area (Å²) >= 11 is 0. The molecule has 0 heterocycles. The summed E-state index contributed by atoms with van der Waals surface area (Å²) in [6.07, 6.45) is 11.1. The lowest BCUT2D eigenvalue weighted by atomic mass is 10.1. The molecule has 18 heteroatoms. The highest BCUT2D eigenvalue weighted by atomic mass is 16.6. The van der Waals surface area contributed by atoms with Crippen LogP contribution in [0, 0.1) is 20.2 Å². The number of azo groups is 2. The Kier molecular flexibility index (Phi) is 27.0. The summed E-state index contributed by atoms with van der Waals surface area (Å²) in [6, 6.07) is 26.0. The van der Waals surface area contributed by atoms with Crippen molar-refractivity contribution in [2.24, 2.45) is 20.5 Å². The molecule has 4 aromatic rings. The van der Waals surface area contributed by atoms with Crippen LogP contribution < -0.4 is 9.47 Å². The summed E-state index contributed by atoms with van der Waals surface area (Å²) in [7, 11) is 0. The standard InChI is InChI=1S/C52H68N6O12/c1-3-5-7-13-39-69-51(59)49(67-37-17-11-9-15-35-65-47-31-23-43(24-32-47)55-53-41-19-27-45(28-20-41)57(61)62)50(52(60)70-40-14-8-6-4-2)68-38-18-12-10-16-36-66-48-33-25-44(26-34-48)56-54-42-21-29-46(30-22-42)58(63)64/h19-34,49-50H,3-18,35-40H2,1-2H3/t49-,50+. The van der Waals surface area contributed by atoms with Gasteiger partial charge in [0.15, 0.2) is 12.2 Å². The highest BCUT2D eigenvalue weighted by Gasteiger charge is 2.38. The third kappa shape index (κ3) is 22.6. The number of carbonyl (C=O) groups excluding carboxylic acids is 2. The molecule has 0 spiro atoms. The number of rotatable bonds is 37. The summed E-state index contributed by atoms with van der Waals surface area (Å²) in [4.78, 5) is 47.9. The molecule has 0 saturated carbocycles. The minimum Gasteiger partial charge on any atom is -0.494 e. The molecule has 0 aliphatic heterocycles. The summed E-state index contributed by atoms with van der Waals surface area (Å²) in [6.45, 7) is 6.15. The Labute approximate surface area is 410 Å². The van der Waals surface area contributed by atoms with Gasteiger partial charge in [-0.1, -0.05) is 65.2 Å². The molecule has 18 nitrogen and oxygen atoms in total. The molecule has 0 unspecified atom stereocenters. The molecule has 0 fully saturated rings. The van der Waals surface area contributed by atoms with Gasteiger partial charge in [0.1, 0.15) is 11.5 Å². The first-order valence-corrected chi connectivity index (χ1v) is 24.5. The Morgan fingerprint density at radius 3 is 1.01 bits per heavy atom. The second-order valence-corrected chi connectivity index (χ2v) is 16.5. The van der Waals surface area contributed by atoms with E-state index in [1.165, 1.54) is 48.5 Å². The number of nitro groups is 2. The number of hydrogen-bond donors (Lipinski definition) is 0. The van der Waals surface area contributed by atoms with Crippen molar-refractivity contribution in [3.05, 3.63) is 117 Å². The first-order chi connectivity index (χ1) is 34.2. The predicted molar refractivity (Wildman–Crippen MR) is 265 cm³/mol. The number of non-ortho nitro benzene ring substituents is 2. The molecular weight excluding hydrogens is 901 g/mol. The van der Waals surface area contributed by atoms with Crippen LogP contribution in [0.2, 0.25) is 0 Å². The van der Waals surface area contributed by atoms with E-state index in [4.69, 9.17) is 28.4 Å². The molecule has 0 saturated heterocycles. The number of ether oxygens (including phenoxy) is 6. The van der Waals surface area contributed by atoms with E-state index in [9.17, 15) is 29.8 Å². The van der Waals surface area contributed by atoms with Crippen LogP contribution in [0.1, 0.15) is 117 Å². The first-order valence-electron chi connectivity index (χ1n) is 24.5. The maximum atomic E-state index is 13.6. The van der Waals surface area contributed by atoms with E-state index in [0.29, 0.717) is 73.1 Å². The van der Waals surface area contributed by atoms with Crippen molar-refractivity contribution < 1.29 is 47.9 Å². The molecule has 4 aromatic carbocycles. The second kappa shape index (κ2) is 33.8. The van der Waals surface area contributed by atoms with Gasteiger partial charge in [0, 0.05) is 37.5 Å². The van der Waals surface area contributed by atoms with Crippen LogP contribution in [0.3, 0.4) is 0 Å². The smallest absolute Gasteiger partial charge is 0.338 e. The number of nitrogens with zero attached hydrogens (tertiary/aromatic N) is 6. The van der Waals surface area contributed by atoms with E-state index in [0.717, 1.165) is 77.0 Å². The zero-order chi connectivity index (χ0) is 50.0. The summed E-state index contributed by atoms with van der Waals surface area (Å²) in [5.41, 5.74) is 2.21. The zero-order valence-electron chi connectivity index (χ0n) is 40.5. The third-order valence-corrected chi connectivity index (χ3v) is 10.8. The van der Waals surface area contributed by atoms with Crippen LogP contribution in [0.25, 0.3) is 0 Å². The Hall–Kier alpha value is -6.66. The Morgan fingerprint density at radius 2 is 0.700 bits per heavy atom. The fraction of sp³-hybridized carbons (Fsp3) is 0.500. The van der Waals surface area contributed by atoms with Crippen molar-refractivity contribution in [3.8, 4) is 11.5 Å². The van der Waals surface area contributed by atoms with E-state index in [1.54, 1.807) is 48.5 Å². The van der Waals surface area contributed by atoms with Crippen LogP contribution in [-0.2, 0) is 28.5 Å². The molecule has 0 aliphatic rings. The summed E-state index contributed by atoms with van der Waals surface area (Å²) in [5, 5.41) is 38.4. The average Bonchev–Trinajstić information content (AvgIpc) is 3.37. The van der Waals surface area contributed by atoms with Crippen LogP contribution >= 0.6 is 0 Å². The van der Waals surface area contributed by atoms with Gasteiger partial charge < -0.3 is 28.4 Å². The molecule has 0 aromatic heterocycles. The van der Waals surface area contributed by atoms with Gasteiger partial charge in [-0.05, 0) is 124 Å². The van der Waals surface area contributed by atoms with Gasteiger partial charge in [-0.25, -0.2) is 9.59 Å². The number of unbranched alkanes of at least 4 members (excludes halogenated alkanes) is 12. The Bertz CT molecular complexity index is 2020. The topological polar surface area (TPSA) is 225 Å². The van der Waals surface area contributed by atoms with Crippen molar-refractivity contribution >= 4 is 46.1 Å². The minimum atomic E-state index is -1.27. The molecule has 0 radical (unpaired) electrons. The molecule has 0 amide bonds. The molecule has 2 atom stereocenters. The summed E-state index contributed by atoms with van der Waals surface area (Å²) in [5.74, 6) is 0.120. The highest BCUT2D eigenvalue weighted by molar-refractivity contribution is 5.85. The molecule has 378 valence electrons. The quantitative estimate of drug-likeness (QED) is 0.0135. The van der Waals surface area contributed by atoms with Gasteiger partial charge in [0.05, 0.1) is 59.0 Å². The zero-order valence-corrected chi connectivity index (χ0v) is 40.5. The highest BCUT2D eigenvalue weighted by Crippen LogP contribution is 2.25. The fourth-order valence-electron chi connectivity index (χ4n) is 6.77. The van der Waals surface area contributed by atoms with E-state index < -0.39 is 34.0 Å². The van der Waals surface area contributed by atoms with Gasteiger partial charge in [-0.15, -0.1) is 0 Å². The molecule has 0 aliphatic carbocycles. The van der Waals surface area contributed by atoms with Crippen LogP contribution in [0.15, 0.2) is 118 Å². The fourth-order valence-corrected chi connectivity index (χ4v) is 6.77. The van der Waals surface area contributed by atoms with Crippen molar-refractivity contribution in [2.45, 2.75) is 129 Å². The Balaban J connectivity index is 1.20. The van der Waals surface area contributed by atoms with Crippen LogP contribution in [0.5, 0.6) is 11.5 Å². The van der Waals surface area contributed by atoms with Gasteiger partial charge in [0.2, 0.25) is 0 Å². The maximum absolute atomic E-state index is 13.6. The molecule has 0 bridgehead atoms. The van der Waals surface area contributed by atoms with Gasteiger partial charge >= 0.3 is 11.9 Å². The van der Waals surface area contributed by atoms with E-state index in [1.807, 2.05) is 0 Å². The number of esters is 2. The number of carbonyl (C=O) groups is 2. The SMILES string of the molecule is CCCCCCOC(=O)[C@@H](OCCCCCCOc1ccc(N=Nc2ccc([N+](=O)[O-])cc2)cc1)[C@@H](OCCCCCCOc1ccc(N=Nc2ccc([N+](=O)[O-])cc2)cc1)C(=O)OCCCCCC. The van der Waals surface area contributed by atoms with E-state index in [-0.39, 0.29) is 37.8 Å². The lowest BCUT2D eigenvalue weighted by molar-refractivity contribution is -0.385. The van der Waals surface area contributed by atoms with E-state index in [2.05, 4.69) is 34.3 Å². The van der Waals surface area contributed by atoms with Gasteiger partial charge in [-0.3, -0.25) is 20.2 Å². The van der Waals surface area contributed by atoms with Crippen molar-refractivity contribution in [1.29, 1.82) is 0 Å². The van der Waals surface area contributed by atoms with Crippen molar-refractivity contribution in [3.63, 3.8) is 0 Å². The number of benzene rings is 4. The molecule has 70 heavy (non-hydrogen) atoms. The lowest BCUT2D eigenvalue weighted by Gasteiger charge is -2.25. The van der Waals surface area contributed by atoms with Crippen LogP contribution in [-0.4, -0.2) is 73.6 Å². The van der Waals surface area contributed by atoms with E-state index >= 15 is 0 Å². The summed E-state index contributed by atoms with van der Waals surface area (Å²) < 4.78 is 35.4. The monoisotopic (exact) mass is 968 g/mol. The van der Waals surface area contributed by atoms with Crippen molar-refractivity contribution in [1.82, 2.24) is 0 Å². The first kappa shape index (κ1) is 55.9. The lowest BCUT2D eigenvalue weighted by Crippen LogP contribution is -2.46. The molecular formula is C52H68N6O12. The minimum absolute atomic E-state index is 0.0113. The second-order valence-electron chi connectivity index (χ2n) is 16.5.